The maximum absolute atomic E-state index is 13.4. The van der Waals surface area contributed by atoms with Gasteiger partial charge in [0.25, 0.3) is 17.4 Å². The van der Waals surface area contributed by atoms with E-state index in [9.17, 15) is 27.9 Å². The van der Waals surface area contributed by atoms with Crippen molar-refractivity contribution in [2.24, 2.45) is 21.6 Å². The van der Waals surface area contributed by atoms with Gasteiger partial charge in [0.05, 0.1) is 11.6 Å². The molecule has 2 amide bonds. The number of carbonyl (C=O) groups excluding carboxylic acids is 2. The van der Waals surface area contributed by atoms with Crippen LogP contribution in [0.4, 0.5) is 5.13 Å². The summed E-state index contributed by atoms with van der Waals surface area (Å²) >= 11 is 0.964. The van der Waals surface area contributed by atoms with Crippen molar-refractivity contribution in [3.05, 3.63) is 40.4 Å². The number of hydrogen-bond donors (Lipinski definition) is 6. The molecule has 1 aromatic heterocycles. The molecule has 0 unspecified atom stereocenters. The Morgan fingerprint density at radius 2 is 2.00 bits per heavy atom. The van der Waals surface area contributed by atoms with Crippen molar-refractivity contribution >= 4 is 56.2 Å². The van der Waals surface area contributed by atoms with Crippen molar-refractivity contribution in [3.8, 4) is 5.75 Å². The molecule has 20 heteroatoms. The smallest absolute Gasteiger partial charge is 0.418 e. The highest BCUT2D eigenvalue weighted by atomic mass is 32.3. The summed E-state index contributed by atoms with van der Waals surface area (Å²) in [7, 11) is -5.03. The van der Waals surface area contributed by atoms with E-state index in [-0.39, 0.29) is 29.3 Å². The number of oxime groups is 1. The summed E-state index contributed by atoms with van der Waals surface area (Å²) in [4.78, 5) is 52.9. The number of aliphatic imine (C=N–C) groups is 1. The summed E-state index contributed by atoms with van der Waals surface area (Å²) in [6.07, 6.45) is 2.07. The Morgan fingerprint density at radius 3 is 2.58 bits per heavy atom. The highest BCUT2D eigenvalue weighted by Gasteiger charge is 2.58. The van der Waals surface area contributed by atoms with Gasteiger partial charge in [-0.05, 0) is 76.6 Å². The topological polar surface area (TPSA) is 284 Å². The molecule has 260 valence electrons. The third kappa shape index (κ3) is 7.06. The number of carboxylic acid groups (broad SMARTS) is 1. The number of carbonyl (C=O) groups is 3. The summed E-state index contributed by atoms with van der Waals surface area (Å²) in [6, 6.07) is 4.09. The monoisotopic (exact) mass is 708 g/mol. The van der Waals surface area contributed by atoms with Crippen LogP contribution in [0, 0.1) is 0 Å². The van der Waals surface area contributed by atoms with Gasteiger partial charge in [0.15, 0.2) is 16.9 Å². The maximum atomic E-state index is 13.4. The summed E-state index contributed by atoms with van der Waals surface area (Å²) in [6.45, 7) is 3.98. The maximum Gasteiger partial charge on any atom is 0.418 e. The van der Waals surface area contributed by atoms with Gasteiger partial charge in [0.2, 0.25) is 0 Å². The van der Waals surface area contributed by atoms with Gasteiger partial charge >= 0.3 is 16.4 Å². The Morgan fingerprint density at radius 1 is 1.27 bits per heavy atom. The van der Waals surface area contributed by atoms with E-state index in [1.165, 1.54) is 26.2 Å². The van der Waals surface area contributed by atoms with Crippen molar-refractivity contribution in [2.45, 2.75) is 88.2 Å². The summed E-state index contributed by atoms with van der Waals surface area (Å²) < 4.78 is 41.7. The molecule has 5 atom stereocenters. The molecular weight excluding hydrogens is 672 g/mol. The van der Waals surface area contributed by atoms with Gasteiger partial charge < -0.3 is 37.2 Å². The number of thiazole rings is 1. The molecule has 0 spiro atoms. The number of hydrogen-bond acceptors (Lipinski definition) is 14. The van der Waals surface area contributed by atoms with Crippen molar-refractivity contribution in [3.63, 3.8) is 0 Å². The number of amides is 2. The van der Waals surface area contributed by atoms with Gasteiger partial charge in [-0.25, -0.2) is 9.78 Å². The van der Waals surface area contributed by atoms with E-state index in [1.54, 1.807) is 12.1 Å². The first kappa shape index (κ1) is 35.0. The number of rotatable bonds is 11. The van der Waals surface area contributed by atoms with E-state index in [1.807, 2.05) is 6.07 Å². The average Bonchev–Trinajstić information content (AvgIpc) is 3.64. The van der Waals surface area contributed by atoms with Crippen LogP contribution in [0.1, 0.15) is 63.3 Å². The molecular formula is C28H36N8O10S2. The molecule has 18 nitrogen and oxygen atoms in total. The first-order chi connectivity index (χ1) is 22.4. The number of nitrogens with zero attached hydrogens (tertiary/aromatic N) is 4. The van der Waals surface area contributed by atoms with Crippen LogP contribution in [0.15, 0.2) is 33.7 Å². The number of hydroxylamine groups is 2. The Labute approximate surface area is 279 Å². The first-order valence-corrected chi connectivity index (χ1v) is 17.0. The number of nitrogens with one attached hydrogen (secondary N) is 1. The molecule has 0 bridgehead atoms. The van der Waals surface area contributed by atoms with Crippen molar-refractivity contribution in [1.29, 1.82) is 0 Å². The fourth-order valence-electron chi connectivity index (χ4n) is 5.71. The number of fused-ring (bicyclic) bond motifs is 1. The molecule has 5 rings (SSSR count). The zero-order valence-corrected chi connectivity index (χ0v) is 27.8. The van der Waals surface area contributed by atoms with Crippen LogP contribution in [0.2, 0.25) is 0 Å². The number of nitrogens with two attached hydrogens (primary N) is 3. The van der Waals surface area contributed by atoms with Crippen LogP contribution in [0.25, 0.3) is 0 Å². The minimum Gasteiger partial charge on any atom is -0.485 e. The Hall–Kier alpha value is -4.37. The lowest BCUT2D eigenvalue weighted by atomic mass is 9.84. The fraction of sp³-hybridized carbons (Fsp3) is 0.500. The van der Waals surface area contributed by atoms with E-state index in [0.717, 1.165) is 36.2 Å². The van der Waals surface area contributed by atoms with E-state index < -0.39 is 57.2 Å². The van der Waals surface area contributed by atoms with Crippen LogP contribution < -0.4 is 27.3 Å². The Kier molecular flexibility index (Phi) is 9.40. The lowest BCUT2D eigenvalue weighted by molar-refractivity contribution is -0.218. The number of nitrogen functional groups attached to an aromatic ring is 1. The second-order valence-corrected chi connectivity index (χ2v) is 14.3. The van der Waals surface area contributed by atoms with Crippen LogP contribution in [0.5, 0.6) is 5.75 Å². The molecule has 2 aliphatic heterocycles. The number of ether oxygens (including phenoxy) is 1. The number of benzene rings is 1. The molecule has 3 aliphatic rings. The van der Waals surface area contributed by atoms with Gasteiger partial charge in [-0.2, -0.15) is 13.5 Å². The second-order valence-electron chi connectivity index (χ2n) is 12.4. The Balaban J connectivity index is 1.35. The normalized spacial score (nSPS) is 25.4. The third-order valence-corrected chi connectivity index (χ3v) is 9.55. The highest BCUT2D eigenvalue weighted by Crippen LogP contribution is 2.35. The molecule has 1 saturated heterocycles. The van der Waals surface area contributed by atoms with E-state index >= 15 is 0 Å². The van der Waals surface area contributed by atoms with Crippen LogP contribution in [0.3, 0.4) is 0 Å². The van der Waals surface area contributed by atoms with Crippen LogP contribution >= 0.6 is 11.3 Å². The number of aliphatic carboxylic acids is 1. The summed E-state index contributed by atoms with van der Waals surface area (Å²) in [5.41, 5.74) is 15.4. The number of amidine groups is 1. The minimum absolute atomic E-state index is 0.0587. The minimum atomic E-state index is -5.03. The molecule has 48 heavy (non-hydrogen) atoms. The third-order valence-electron chi connectivity index (χ3n) is 8.53. The van der Waals surface area contributed by atoms with Crippen molar-refractivity contribution < 1.29 is 46.3 Å². The van der Waals surface area contributed by atoms with Gasteiger partial charge in [-0.3, -0.25) is 19.1 Å². The molecule has 9 N–H and O–H groups in total. The molecule has 1 aromatic carbocycles. The summed E-state index contributed by atoms with van der Waals surface area (Å²) in [5, 5.41) is 18.4. The van der Waals surface area contributed by atoms with Gasteiger partial charge in [-0.15, -0.1) is 15.6 Å². The summed E-state index contributed by atoms with van der Waals surface area (Å²) in [5.74, 6) is -2.65. The first-order valence-electron chi connectivity index (χ1n) is 14.8. The second kappa shape index (κ2) is 12.9. The van der Waals surface area contributed by atoms with Crippen LogP contribution in [-0.2, 0) is 40.3 Å². The number of aryl methyl sites for hydroxylation is 1. The SMILES string of the molecule is CC1(C)[C@H](NC(=O)/C(=N\O[C@](C)(C(=O)O)[C@H]2CCc3cc(C(N)=N[C@@H]4CC[C@H](N)C4)ccc3O2)c2csc(N)n2)C(=O)N1OS(=O)(=O)O. The van der Waals surface area contributed by atoms with Crippen LogP contribution in [-0.4, -0.2) is 92.8 Å². The predicted molar refractivity (Wildman–Crippen MR) is 171 cm³/mol. The van der Waals surface area contributed by atoms with Crippen molar-refractivity contribution in [2.75, 3.05) is 5.73 Å². The van der Waals surface area contributed by atoms with Gasteiger partial charge in [0.1, 0.15) is 23.3 Å². The van der Waals surface area contributed by atoms with E-state index in [2.05, 4.69) is 24.7 Å². The lowest BCUT2D eigenvalue weighted by Gasteiger charge is -2.50. The quantitative estimate of drug-likeness (QED) is 0.0594. The molecule has 1 saturated carbocycles. The van der Waals surface area contributed by atoms with E-state index in [4.69, 9.17) is 31.3 Å². The molecule has 0 radical (unpaired) electrons. The highest BCUT2D eigenvalue weighted by molar-refractivity contribution is 7.80. The fourth-order valence-corrected chi connectivity index (χ4v) is 6.71. The number of aromatic nitrogens is 1. The van der Waals surface area contributed by atoms with Crippen molar-refractivity contribution in [1.82, 2.24) is 15.4 Å². The predicted octanol–water partition coefficient (Wildman–Crippen LogP) is 0.108. The standard InChI is InChI=1S/C28H36N8O10S2/c1-27(2)21(24(38)36(27)46-48(41,42)43)34-23(37)20(17-12-47-26(31)33-17)35-45-28(3,25(39)40)19-9-5-13-10-14(4-8-18(13)44-19)22(30)32-16-7-6-15(29)11-16/h4,8,10,12,15-16,19,21H,5-7,9,11,29H2,1-3H3,(H2,30,32)(H2,31,33)(H,34,37)(H,39,40)(H,41,42,43)/b35-20-/t15-,16+,19+,21+,28-/m0/s1. The largest absolute Gasteiger partial charge is 0.485 e. The Bertz CT molecular complexity index is 1800. The molecule has 3 heterocycles. The van der Waals surface area contributed by atoms with E-state index in [0.29, 0.717) is 28.6 Å². The van der Waals surface area contributed by atoms with Gasteiger partial charge in [-0.1, -0.05) is 5.16 Å². The number of anilines is 1. The lowest BCUT2D eigenvalue weighted by Crippen LogP contribution is -2.76. The van der Waals surface area contributed by atoms with Gasteiger partial charge in [0, 0.05) is 17.0 Å². The average molecular weight is 709 g/mol. The molecule has 2 aromatic rings. The molecule has 2 fully saturated rings. The zero-order valence-electron chi connectivity index (χ0n) is 26.2. The molecule has 1 aliphatic carbocycles. The number of carboxylic acids is 1. The number of β-lactam (4-membered cyclic amide) rings is 1. The zero-order chi connectivity index (χ0) is 35.2.